The fraction of sp³-hybridized carbons (Fsp3) is 0.105. The van der Waals surface area contributed by atoms with Crippen LogP contribution in [-0.4, -0.2) is 52.0 Å². The first-order valence-corrected chi connectivity index (χ1v) is 8.37. The maximum absolute atomic E-state index is 12.3. The smallest absolute Gasteiger partial charge is 0.300 e. The van der Waals surface area contributed by atoms with E-state index in [1.807, 2.05) is 0 Å². The molecule has 0 aromatic carbocycles. The van der Waals surface area contributed by atoms with Crippen LogP contribution < -0.4 is 5.84 Å². The standard InChI is InChI=1S/C19H16N7O2/c1-25(19(27)14-6-8-21-9-7-14)10-2-4-15-13-26(20)17(12-22-15)23-18(24-26)16-5-3-11-28-16/h3,5-9,11-13H,10,20H2,1H3/q+1. The molecule has 0 aliphatic carbocycles. The van der Waals surface area contributed by atoms with Crippen molar-refractivity contribution in [3.63, 3.8) is 0 Å². The molecule has 1 atom stereocenters. The zero-order chi connectivity index (χ0) is 19.6. The number of pyridine rings is 1. The Morgan fingerprint density at radius 1 is 1.32 bits per heavy atom. The summed E-state index contributed by atoms with van der Waals surface area (Å²) in [7, 11) is 1.68. The van der Waals surface area contributed by atoms with Gasteiger partial charge >= 0.3 is 0 Å². The minimum Gasteiger partial charge on any atom is -0.461 e. The van der Waals surface area contributed by atoms with Crippen molar-refractivity contribution in [3.8, 4) is 11.8 Å². The zero-order valence-electron chi connectivity index (χ0n) is 15.0. The average molecular weight is 374 g/mol. The first kappa shape index (κ1) is 17.5. The third kappa shape index (κ3) is 3.37. The third-order valence-corrected chi connectivity index (χ3v) is 4.03. The van der Waals surface area contributed by atoms with Gasteiger partial charge in [-0.15, -0.1) is 5.84 Å². The Morgan fingerprint density at radius 2 is 2.14 bits per heavy atom. The van der Waals surface area contributed by atoms with Gasteiger partial charge in [0, 0.05) is 25.0 Å². The number of hydrogen-bond donors (Lipinski definition) is 1. The van der Waals surface area contributed by atoms with E-state index in [1.165, 1.54) is 11.1 Å². The molecular weight excluding hydrogens is 358 g/mol. The lowest BCUT2D eigenvalue weighted by molar-refractivity contribution is -0.803. The van der Waals surface area contributed by atoms with Crippen molar-refractivity contribution in [2.24, 2.45) is 20.9 Å². The van der Waals surface area contributed by atoms with Crippen molar-refractivity contribution in [3.05, 3.63) is 66.1 Å². The van der Waals surface area contributed by atoms with Crippen molar-refractivity contribution < 1.29 is 13.9 Å². The first-order valence-electron chi connectivity index (χ1n) is 8.37. The summed E-state index contributed by atoms with van der Waals surface area (Å²) in [6.07, 6.45) is 7.80. The number of hydrogen-bond acceptors (Lipinski definition) is 7. The van der Waals surface area contributed by atoms with Gasteiger partial charge < -0.3 is 9.32 Å². The number of amides is 1. The van der Waals surface area contributed by atoms with Gasteiger partial charge in [-0.3, -0.25) is 9.78 Å². The third-order valence-electron chi connectivity index (χ3n) is 4.03. The predicted octanol–water partition coefficient (Wildman–Crippen LogP) is 1.14. The fourth-order valence-electron chi connectivity index (χ4n) is 2.59. The lowest BCUT2D eigenvalue weighted by atomic mass is 10.2. The van der Waals surface area contributed by atoms with Crippen molar-refractivity contribution in [2.45, 2.75) is 0 Å². The lowest BCUT2D eigenvalue weighted by Crippen LogP contribution is -2.50. The van der Waals surface area contributed by atoms with E-state index in [-0.39, 0.29) is 17.2 Å². The normalized spacial score (nSPS) is 19.7. The molecule has 138 valence electrons. The van der Waals surface area contributed by atoms with Gasteiger partial charge in [0.15, 0.2) is 17.7 Å². The highest BCUT2D eigenvalue weighted by molar-refractivity contribution is 6.31. The average Bonchev–Trinajstić information content (AvgIpc) is 3.35. The van der Waals surface area contributed by atoms with E-state index in [9.17, 15) is 4.79 Å². The Hall–Kier alpha value is -3.87. The molecule has 2 N–H and O–H groups in total. The number of fused-ring (bicyclic) bond motifs is 1. The summed E-state index contributed by atoms with van der Waals surface area (Å²) in [6.45, 7) is 0.237. The number of aromatic nitrogens is 1. The van der Waals surface area contributed by atoms with E-state index in [2.05, 4.69) is 31.9 Å². The summed E-state index contributed by atoms with van der Waals surface area (Å²) >= 11 is 0. The predicted molar refractivity (Wildman–Crippen MR) is 103 cm³/mol. The summed E-state index contributed by atoms with van der Waals surface area (Å²) in [5.74, 6) is 13.4. The Morgan fingerprint density at radius 3 is 2.89 bits per heavy atom. The van der Waals surface area contributed by atoms with Crippen LogP contribution >= 0.6 is 0 Å². The molecule has 2 aromatic rings. The van der Waals surface area contributed by atoms with Crippen molar-refractivity contribution in [2.75, 3.05) is 13.6 Å². The number of rotatable bonds is 3. The molecule has 0 fully saturated rings. The molecule has 2 aromatic heterocycles. The second-order valence-corrected chi connectivity index (χ2v) is 6.08. The van der Waals surface area contributed by atoms with Crippen LogP contribution in [-0.2, 0) is 0 Å². The fourth-order valence-corrected chi connectivity index (χ4v) is 2.59. The highest BCUT2D eigenvalue weighted by atomic mass is 16.3. The van der Waals surface area contributed by atoms with Crippen LogP contribution in [0.4, 0.5) is 0 Å². The number of carbonyl (C=O) groups excluding carboxylic acids is 1. The molecule has 0 radical (unpaired) electrons. The molecule has 4 heterocycles. The maximum Gasteiger partial charge on any atom is 0.300 e. The van der Waals surface area contributed by atoms with Crippen LogP contribution in [0.15, 0.2) is 74.3 Å². The highest BCUT2D eigenvalue weighted by Crippen LogP contribution is 2.21. The van der Waals surface area contributed by atoms with Crippen molar-refractivity contribution in [1.82, 2.24) is 9.88 Å². The van der Waals surface area contributed by atoms with Crippen LogP contribution in [0.1, 0.15) is 16.1 Å². The molecule has 9 heteroatoms. The summed E-state index contributed by atoms with van der Waals surface area (Å²) in [5, 5.41) is 4.37. The zero-order valence-corrected chi connectivity index (χ0v) is 15.0. The van der Waals surface area contributed by atoms with Gasteiger partial charge in [0.25, 0.3) is 17.6 Å². The Balaban J connectivity index is 1.47. The molecule has 0 spiro atoms. The summed E-state index contributed by atoms with van der Waals surface area (Å²) in [6, 6.07) is 6.82. The molecule has 0 saturated heterocycles. The molecule has 0 saturated carbocycles. The van der Waals surface area contributed by atoms with E-state index >= 15 is 0 Å². The van der Waals surface area contributed by atoms with Crippen molar-refractivity contribution in [1.29, 1.82) is 0 Å². The van der Waals surface area contributed by atoms with Gasteiger partial charge in [-0.25, -0.2) is 4.99 Å². The van der Waals surface area contributed by atoms with Crippen LogP contribution in [0.5, 0.6) is 0 Å². The SMILES string of the molecule is CN(CC#CC1=C[N+]2(N)N=C(c3ccco3)N=C2C=N1)C(=O)c1ccncc1. The number of nitrogens with two attached hydrogens (primary N) is 1. The largest absolute Gasteiger partial charge is 0.461 e. The Labute approximate surface area is 160 Å². The number of carbonyl (C=O) groups is 1. The minimum atomic E-state index is -0.380. The molecule has 28 heavy (non-hydrogen) atoms. The first-order chi connectivity index (χ1) is 13.5. The number of allylic oxidation sites excluding steroid dienone is 1. The number of nitrogens with zero attached hydrogens (tertiary/aromatic N) is 6. The number of furan rings is 1. The molecule has 1 amide bonds. The molecule has 0 bridgehead atoms. The van der Waals surface area contributed by atoms with Crippen LogP contribution in [0, 0.1) is 11.8 Å². The van der Waals surface area contributed by atoms with Crippen LogP contribution in [0.3, 0.4) is 0 Å². The van der Waals surface area contributed by atoms with Crippen LogP contribution in [0.2, 0.25) is 0 Å². The number of amidine groups is 2. The molecule has 2 aliphatic heterocycles. The van der Waals surface area contributed by atoms with Gasteiger partial charge in [-0.05, 0) is 40.0 Å². The number of quaternary nitrogens is 1. The van der Waals surface area contributed by atoms with Gasteiger partial charge in [0.2, 0.25) is 0 Å². The summed E-state index contributed by atoms with van der Waals surface area (Å²) in [4.78, 5) is 26.3. The number of aliphatic imine (C=N–C) groups is 2. The second kappa shape index (κ2) is 7.03. The van der Waals surface area contributed by atoms with E-state index in [1.54, 1.807) is 56.2 Å². The van der Waals surface area contributed by atoms with Gasteiger partial charge in [0.05, 0.1) is 12.8 Å². The highest BCUT2D eigenvalue weighted by Gasteiger charge is 2.39. The summed E-state index contributed by atoms with van der Waals surface area (Å²) < 4.78 is 4.93. The Bertz CT molecular complexity index is 1090. The maximum atomic E-state index is 12.3. The minimum absolute atomic E-state index is 0.137. The summed E-state index contributed by atoms with van der Waals surface area (Å²) in [5.41, 5.74) is 0.994. The molecule has 4 rings (SSSR count). The van der Waals surface area contributed by atoms with Gasteiger partial charge in [0.1, 0.15) is 6.21 Å². The van der Waals surface area contributed by atoms with Gasteiger partial charge in [-0.2, -0.15) is 4.99 Å². The molecule has 2 aliphatic rings. The van der Waals surface area contributed by atoms with Crippen LogP contribution in [0.25, 0.3) is 0 Å². The van der Waals surface area contributed by atoms with E-state index in [0.29, 0.717) is 28.7 Å². The van der Waals surface area contributed by atoms with E-state index in [4.69, 9.17) is 10.3 Å². The Kier molecular flexibility index (Phi) is 4.41. The topological polar surface area (TPSA) is 109 Å². The van der Waals surface area contributed by atoms with E-state index < -0.39 is 0 Å². The van der Waals surface area contributed by atoms with Crippen molar-refractivity contribution >= 4 is 23.8 Å². The monoisotopic (exact) mass is 374 g/mol. The molecule has 9 nitrogen and oxygen atoms in total. The lowest BCUT2D eigenvalue weighted by Gasteiger charge is -2.18. The quantitative estimate of drug-likeness (QED) is 0.493. The van der Waals surface area contributed by atoms with Gasteiger partial charge in [-0.1, -0.05) is 5.92 Å². The molecular formula is C19H16N7O2+. The second-order valence-electron chi connectivity index (χ2n) is 6.08. The molecule has 1 unspecified atom stereocenters. The van der Waals surface area contributed by atoms with E-state index in [0.717, 1.165) is 0 Å².